The highest BCUT2D eigenvalue weighted by molar-refractivity contribution is 5.78. The molecule has 0 bridgehead atoms. The Morgan fingerprint density at radius 1 is 1.12 bits per heavy atom. The molecule has 0 saturated carbocycles. The zero-order chi connectivity index (χ0) is 16.5. The predicted octanol–water partition coefficient (Wildman–Crippen LogP) is 2.72. The lowest BCUT2D eigenvalue weighted by atomic mass is 9.99. The maximum atomic E-state index is 12.3. The molecule has 4 heteroatoms. The molecule has 2 aliphatic heterocycles. The van der Waals surface area contributed by atoms with Crippen molar-refractivity contribution in [2.45, 2.75) is 32.7 Å². The van der Waals surface area contributed by atoms with E-state index >= 15 is 0 Å². The number of amides is 1. The lowest BCUT2D eigenvalue weighted by molar-refractivity contribution is -0.120. The Bertz CT molecular complexity index is 748. The summed E-state index contributed by atoms with van der Waals surface area (Å²) in [6.07, 6.45) is 2.19. The van der Waals surface area contributed by atoms with Gasteiger partial charge in [0.15, 0.2) is 0 Å². The summed E-state index contributed by atoms with van der Waals surface area (Å²) in [5.41, 5.74) is 5.70. The first kappa shape index (κ1) is 15.1. The van der Waals surface area contributed by atoms with Crippen molar-refractivity contribution in [3.8, 4) is 11.5 Å². The van der Waals surface area contributed by atoms with Crippen LogP contribution in [0.3, 0.4) is 0 Å². The third-order valence-corrected chi connectivity index (χ3v) is 4.71. The standard InChI is InChI=1S/C20H21NO3/c1-13-2-4-14(5-3-13)10-19(22)21-12-17-16-7-9-23-18(16)11-15-6-8-24-20(15)17/h2-5,11H,6-10,12H2,1H3,(H,21,22). The van der Waals surface area contributed by atoms with E-state index in [4.69, 9.17) is 9.47 Å². The van der Waals surface area contributed by atoms with Gasteiger partial charge in [-0.05, 0) is 18.6 Å². The highest BCUT2D eigenvalue weighted by Crippen LogP contribution is 2.40. The van der Waals surface area contributed by atoms with Crippen LogP contribution in [0.4, 0.5) is 0 Å². The summed E-state index contributed by atoms with van der Waals surface area (Å²) < 4.78 is 11.5. The van der Waals surface area contributed by atoms with Crippen LogP contribution in [0.5, 0.6) is 11.5 Å². The summed E-state index contributed by atoms with van der Waals surface area (Å²) in [5, 5.41) is 3.05. The highest BCUT2D eigenvalue weighted by atomic mass is 16.5. The van der Waals surface area contributed by atoms with Crippen molar-refractivity contribution in [1.82, 2.24) is 5.32 Å². The molecule has 0 atom stereocenters. The number of carbonyl (C=O) groups excluding carboxylic acids is 1. The Balaban J connectivity index is 1.48. The van der Waals surface area contributed by atoms with E-state index in [1.165, 1.54) is 16.7 Å². The maximum absolute atomic E-state index is 12.3. The van der Waals surface area contributed by atoms with Crippen LogP contribution in [0.1, 0.15) is 27.8 Å². The van der Waals surface area contributed by atoms with Crippen molar-refractivity contribution in [2.24, 2.45) is 0 Å². The summed E-state index contributed by atoms with van der Waals surface area (Å²) in [6.45, 7) is 3.97. The number of hydrogen-bond donors (Lipinski definition) is 1. The fourth-order valence-electron chi connectivity index (χ4n) is 3.41. The first-order chi connectivity index (χ1) is 11.7. The number of aryl methyl sites for hydroxylation is 1. The number of benzene rings is 2. The topological polar surface area (TPSA) is 47.6 Å². The third-order valence-electron chi connectivity index (χ3n) is 4.71. The van der Waals surface area contributed by atoms with Gasteiger partial charge in [0.05, 0.1) is 19.6 Å². The van der Waals surface area contributed by atoms with Gasteiger partial charge < -0.3 is 14.8 Å². The van der Waals surface area contributed by atoms with E-state index in [2.05, 4.69) is 11.4 Å². The molecule has 2 heterocycles. The Morgan fingerprint density at radius 3 is 2.75 bits per heavy atom. The number of hydrogen-bond acceptors (Lipinski definition) is 3. The fourth-order valence-corrected chi connectivity index (χ4v) is 3.41. The Kier molecular flexibility index (Phi) is 3.89. The van der Waals surface area contributed by atoms with Crippen molar-refractivity contribution in [2.75, 3.05) is 13.2 Å². The van der Waals surface area contributed by atoms with Gasteiger partial charge in [-0.1, -0.05) is 29.8 Å². The molecule has 0 unspecified atom stereocenters. The first-order valence-electron chi connectivity index (χ1n) is 8.46. The van der Waals surface area contributed by atoms with Crippen LogP contribution in [-0.2, 0) is 30.6 Å². The smallest absolute Gasteiger partial charge is 0.224 e. The number of fused-ring (bicyclic) bond motifs is 2. The van der Waals surface area contributed by atoms with Crippen molar-refractivity contribution in [3.63, 3.8) is 0 Å². The van der Waals surface area contributed by atoms with Crippen LogP contribution in [0.2, 0.25) is 0 Å². The summed E-state index contributed by atoms with van der Waals surface area (Å²) >= 11 is 0. The van der Waals surface area contributed by atoms with Gasteiger partial charge in [-0.25, -0.2) is 0 Å². The number of ether oxygens (including phenoxy) is 2. The molecule has 2 aliphatic rings. The van der Waals surface area contributed by atoms with Crippen molar-refractivity contribution < 1.29 is 14.3 Å². The van der Waals surface area contributed by atoms with Gasteiger partial charge in [0.25, 0.3) is 0 Å². The highest BCUT2D eigenvalue weighted by Gasteiger charge is 2.26. The average Bonchev–Trinajstić information content (AvgIpc) is 3.22. The Hall–Kier alpha value is -2.49. The molecule has 2 aromatic rings. The Morgan fingerprint density at radius 2 is 1.92 bits per heavy atom. The molecule has 1 N–H and O–H groups in total. The molecule has 4 nitrogen and oxygen atoms in total. The third kappa shape index (κ3) is 2.84. The van der Waals surface area contributed by atoms with Gasteiger partial charge in [-0.2, -0.15) is 0 Å². The van der Waals surface area contributed by atoms with E-state index in [1.54, 1.807) is 0 Å². The molecule has 0 saturated heterocycles. The van der Waals surface area contributed by atoms with E-state index in [9.17, 15) is 4.79 Å². The quantitative estimate of drug-likeness (QED) is 0.941. The minimum absolute atomic E-state index is 0.0297. The predicted molar refractivity (Wildman–Crippen MR) is 91.6 cm³/mol. The number of carbonyl (C=O) groups is 1. The monoisotopic (exact) mass is 323 g/mol. The van der Waals surface area contributed by atoms with E-state index < -0.39 is 0 Å². The first-order valence-corrected chi connectivity index (χ1v) is 8.46. The Labute approximate surface area is 141 Å². The number of rotatable bonds is 4. The zero-order valence-corrected chi connectivity index (χ0v) is 13.9. The maximum Gasteiger partial charge on any atom is 0.224 e. The van der Waals surface area contributed by atoms with Gasteiger partial charge in [-0.3, -0.25) is 4.79 Å². The minimum Gasteiger partial charge on any atom is -0.493 e. The number of nitrogens with one attached hydrogen (secondary N) is 1. The van der Waals surface area contributed by atoms with Gasteiger partial charge in [0.2, 0.25) is 5.91 Å². The summed E-state index contributed by atoms with van der Waals surface area (Å²) in [6, 6.07) is 10.2. The molecule has 24 heavy (non-hydrogen) atoms. The van der Waals surface area contributed by atoms with Crippen LogP contribution < -0.4 is 14.8 Å². The summed E-state index contributed by atoms with van der Waals surface area (Å²) in [5.74, 6) is 1.94. The molecule has 2 aromatic carbocycles. The van der Waals surface area contributed by atoms with E-state index in [0.717, 1.165) is 35.5 Å². The zero-order valence-electron chi connectivity index (χ0n) is 13.9. The van der Waals surface area contributed by atoms with Gasteiger partial charge >= 0.3 is 0 Å². The van der Waals surface area contributed by atoms with E-state index in [1.807, 2.05) is 31.2 Å². The SMILES string of the molecule is Cc1ccc(CC(=O)NCc2c3c(cc4c2OCC4)OCC3)cc1. The molecular formula is C20H21NO3. The summed E-state index contributed by atoms with van der Waals surface area (Å²) in [7, 11) is 0. The van der Waals surface area contributed by atoms with Crippen LogP contribution in [0.25, 0.3) is 0 Å². The van der Waals surface area contributed by atoms with Crippen LogP contribution in [0, 0.1) is 6.92 Å². The van der Waals surface area contributed by atoms with Crippen LogP contribution in [0.15, 0.2) is 30.3 Å². The van der Waals surface area contributed by atoms with Gasteiger partial charge in [-0.15, -0.1) is 0 Å². The second kappa shape index (κ2) is 6.19. The molecule has 0 radical (unpaired) electrons. The molecule has 124 valence electrons. The molecule has 0 aromatic heterocycles. The second-order valence-electron chi connectivity index (χ2n) is 6.46. The molecular weight excluding hydrogens is 302 g/mol. The molecule has 0 aliphatic carbocycles. The van der Waals surface area contributed by atoms with Crippen molar-refractivity contribution >= 4 is 5.91 Å². The lowest BCUT2D eigenvalue weighted by Crippen LogP contribution is -2.25. The van der Waals surface area contributed by atoms with E-state index in [0.29, 0.717) is 26.2 Å². The average molecular weight is 323 g/mol. The lowest BCUT2D eigenvalue weighted by Gasteiger charge is -2.14. The second-order valence-corrected chi connectivity index (χ2v) is 6.46. The summed E-state index contributed by atoms with van der Waals surface area (Å²) in [4.78, 5) is 12.3. The fraction of sp³-hybridized carbons (Fsp3) is 0.350. The van der Waals surface area contributed by atoms with E-state index in [-0.39, 0.29) is 5.91 Å². The normalized spacial score (nSPS) is 14.5. The molecule has 4 rings (SSSR count). The van der Waals surface area contributed by atoms with Gasteiger partial charge in [0, 0.05) is 36.1 Å². The molecule has 0 spiro atoms. The molecule has 1 amide bonds. The van der Waals surface area contributed by atoms with Crippen molar-refractivity contribution in [3.05, 3.63) is 58.1 Å². The molecule has 0 fully saturated rings. The van der Waals surface area contributed by atoms with Gasteiger partial charge in [0.1, 0.15) is 11.5 Å². The minimum atomic E-state index is 0.0297. The largest absolute Gasteiger partial charge is 0.493 e. The van der Waals surface area contributed by atoms with Crippen molar-refractivity contribution in [1.29, 1.82) is 0 Å². The van der Waals surface area contributed by atoms with Crippen LogP contribution >= 0.6 is 0 Å². The van der Waals surface area contributed by atoms with Crippen LogP contribution in [-0.4, -0.2) is 19.1 Å².